The van der Waals surface area contributed by atoms with Gasteiger partial charge in [0, 0.05) is 5.02 Å². The van der Waals surface area contributed by atoms with Crippen molar-refractivity contribution in [2.24, 2.45) is 4.99 Å². The van der Waals surface area contributed by atoms with Crippen molar-refractivity contribution in [1.29, 1.82) is 0 Å². The molecule has 0 aliphatic carbocycles. The molecular weight excluding hydrogens is 321 g/mol. The largest absolute Gasteiger partial charge is 0.402 e. The summed E-state index contributed by atoms with van der Waals surface area (Å²) in [5, 5.41) is 0.894. The standard InChI is InChI=1S/C17H11Cl2NO2/c1-10-4-2-3-5-11(10)8-15-17(21)22-16(20-15)13-7-6-12(18)9-14(13)19/h2-9H,1H3/b15-8-. The molecular formula is C17H11Cl2NO2. The maximum absolute atomic E-state index is 12.0. The van der Waals surface area contributed by atoms with Crippen molar-refractivity contribution >= 4 is 41.1 Å². The Balaban J connectivity index is 2.00. The predicted molar refractivity (Wildman–Crippen MR) is 88.2 cm³/mol. The van der Waals surface area contributed by atoms with Gasteiger partial charge in [-0.05, 0) is 42.3 Å². The van der Waals surface area contributed by atoms with Crippen LogP contribution in [0.2, 0.25) is 10.0 Å². The van der Waals surface area contributed by atoms with E-state index in [1.807, 2.05) is 31.2 Å². The van der Waals surface area contributed by atoms with Crippen LogP contribution in [0.4, 0.5) is 0 Å². The zero-order valence-electron chi connectivity index (χ0n) is 11.6. The molecule has 0 aromatic heterocycles. The van der Waals surface area contributed by atoms with Crippen LogP contribution in [0.3, 0.4) is 0 Å². The molecule has 0 fully saturated rings. The van der Waals surface area contributed by atoms with E-state index in [-0.39, 0.29) is 11.6 Å². The highest BCUT2D eigenvalue weighted by Crippen LogP contribution is 2.26. The number of esters is 1. The number of aryl methyl sites for hydroxylation is 1. The number of rotatable bonds is 2. The third kappa shape index (κ3) is 2.91. The van der Waals surface area contributed by atoms with Gasteiger partial charge < -0.3 is 4.74 Å². The average Bonchev–Trinajstić information content (AvgIpc) is 2.82. The van der Waals surface area contributed by atoms with Crippen molar-refractivity contribution in [3.63, 3.8) is 0 Å². The summed E-state index contributed by atoms with van der Waals surface area (Å²) in [5.41, 5.74) is 2.75. The van der Waals surface area contributed by atoms with Crippen molar-refractivity contribution in [1.82, 2.24) is 0 Å². The minimum atomic E-state index is -0.496. The van der Waals surface area contributed by atoms with E-state index in [0.29, 0.717) is 15.6 Å². The lowest BCUT2D eigenvalue weighted by Crippen LogP contribution is -2.05. The number of hydrogen-bond acceptors (Lipinski definition) is 3. The summed E-state index contributed by atoms with van der Waals surface area (Å²) < 4.78 is 5.21. The zero-order valence-corrected chi connectivity index (χ0v) is 13.2. The molecule has 22 heavy (non-hydrogen) atoms. The second-order valence-electron chi connectivity index (χ2n) is 4.82. The molecule has 0 saturated carbocycles. The Hall–Kier alpha value is -2.10. The molecule has 0 unspecified atom stereocenters. The highest BCUT2D eigenvalue weighted by Gasteiger charge is 2.25. The van der Waals surface area contributed by atoms with Gasteiger partial charge >= 0.3 is 5.97 Å². The first kappa shape index (κ1) is 14.8. The lowest BCUT2D eigenvalue weighted by molar-refractivity contribution is -0.129. The summed E-state index contributed by atoms with van der Waals surface area (Å²) in [6.07, 6.45) is 1.70. The topological polar surface area (TPSA) is 38.7 Å². The number of nitrogens with zero attached hydrogens (tertiary/aromatic N) is 1. The normalized spacial score (nSPS) is 15.9. The number of carbonyl (C=O) groups excluding carboxylic acids is 1. The second kappa shape index (κ2) is 5.95. The highest BCUT2D eigenvalue weighted by atomic mass is 35.5. The molecule has 2 aromatic carbocycles. The Kier molecular flexibility index (Phi) is 4.01. The minimum absolute atomic E-state index is 0.187. The Labute approximate surface area is 137 Å². The van der Waals surface area contributed by atoms with Crippen LogP contribution in [0.1, 0.15) is 16.7 Å². The smallest absolute Gasteiger partial charge is 0.363 e. The summed E-state index contributed by atoms with van der Waals surface area (Å²) in [7, 11) is 0. The average molecular weight is 332 g/mol. The lowest BCUT2D eigenvalue weighted by atomic mass is 10.1. The van der Waals surface area contributed by atoms with Crippen molar-refractivity contribution in [3.8, 4) is 0 Å². The van der Waals surface area contributed by atoms with Crippen LogP contribution >= 0.6 is 23.2 Å². The number of halogens is 2. The van der Waals surface area contributed by atoms with Crippen molar-refractivity contribution < 1.29 is 9.53 Å². The highest BCUT2D eigenvalue weighted by molar-refractivity contribution is 6.37. The van der Waals surface area contributed by atoms with Gasteiger partial charge in [-0.1, -0.05) is 47.5 Å². The minimum Gasteiger partial charge on any atom is -0.402 e. The summed E-state index contributed by atoms with van der Waals surface area (Å²) in [6, 6.07) is 12.6. The molecule has 0 spiro atoms. The molecule has 0 atom stereocenters. The molecule has 0 N–H and O–H groups in total. The van der Waals surface area contributed by atoms with Gasteiger partial charge in [0.2, 0.25) is 5.90 Å². The van der Waals surface area contributed by atoms with Crippen molar-refractivity contribution in [3.05, 3.63) is 74.9 Å². The number of benzene rings is 2. The van der Waals surface area contributed by atoms with Crippen LogP contribution in [-0.4, -0.2) is 11.9 Å². The van der Waals surface area contributed by atoms with Crippen LogP contribution < -0.4 is 0 Å². The molecule has 5 heteroatoms. The van der Waals surface area contributed by atoms with Gasteiger partial charge in [0.1, 0.15) is 0 Å². The number of carbonyl (C=O) groups is 1. The van der Waals surface area contributed by atoms with Crippen molar-refractivity contribution in [2.45, 2.75) is 6.92 Å². The summed E-state index contributed by atoms with van der Waals surface area (Å²) in [6.45, 7) is 1.97. The van der Waals surface area contributed by atoms with E-state index in [1.165, 1.54) is 0 Å². The van der Waals surface area contributed by atoms with Gasteiger partial charge in [-0.15, -0.1) is 0 Å². The first-order valence-corrected chi connectivity index (χ1v) is 7.34. The zero-order chi connectivity index (χ0) is 15.7. The molecule has 0 saturated heterocycles. The molecule has 3 rings (SSSR count). The molecule has 0 bridgehead atoms. The molecule has 1 aliphatic heterocycles. The number of cyclic esters (lactones) is 1. The quantitative estimate of drug-likeness (QED) is 0.593. The molecule has 0 amide bonds. The SMILES string of the molecule is Cc1ccccc1/C=C1\N=C(c2ccc(Cl)cc2Cl)OC1=O. The fraction of sp³-hybridized carbons (Fsp3) is 0.0588. The second-order valence-corrected chi connectivity index (χ2v) is 5.66. The van der Waals surface area contributed by atoms with E-state index < -0.39 is 5.97 Å². The molecule has 1 heterocycles. The Morgan fingerprint density at radius 2 is 1.91 bits per heavy atom. The maximum atomic E-state index is 12.0. The van der Waals surface area contributed by atoms with Gasteiger partial charge in [0.25, 0.3) is 0 Å². The third-order valence-corrected chi connectivity index (χ3v) is 3.81. The van der Waals surface area contributed by atoms with Crippen LogP contribution in [0.25, 0.3) is 6.08 Å². The van der Waals surface area contributed by atoms with E-state index in [0.717, 1.165) is 11.1 Å². The van der Waals surface area contributed by atoms with E-state index in [2.05, 4.69) is 4.99 Å². The van der Waals surface area contributed by atoms with Crippen LogP contribution in [0, 0.1) is 6.92 Å². The Morgan fingerprint density at radius 1 is 1.14 bits per heavy atom. The first-order valence-electron chi connectivity index (χ1n) is 6.58. The predicted octanol–water partition coefficient (Wildman–Crippen LogP) is 4.65. The number of hydrogen-bond donors (Lipinski definition) is 0. The fourth-order valence-corrected chi connectivity index (χ4v) is 2.57. The summed E-state index contributed by atoms with van der Waals surface area (Å²) >= 11 is 12.0. The number of aliphatic imine (C=N–C) groups is 1. The summed E-state index contributed by atoms with van der Waals surface area (Å²) in [5.74, 6) is -0.309. The first-order chi connectivity index (χ1) is 10.5. The molecule has 0 radical (unpaired) electrons. The molecule has 1 aliphatic rings. The Morgan fingerprint density at radius 3 is 2.64 bits per heavy atom. The monoisotopic (exact) mass is 331 g/mol. The summed E-state index contributed by atoms with van der Waals surface area (Å²) in [4.78, 5) is 16.2. The van der Waals surface area contributed by atoms with Crippen LogP contribution in [-0.2, 0) is 9.53 Å². The molecule has 110 valence electrons. The number of ether oxygens (including phenoxy) is 1. The third-order valence-electron chi connectivity index (χ3n) is 3.26. The van der Waals surface area contributed by atoms with Gasteiger partial charge in [0.05, 0.1) is 10.6 Å². The van der Waals surface area contributed by atoms with E-state index in [4.69, 9.17) is 27.9 Å². The maximum Gasteiger partial charge on any atom is 0.363 e. The van der Waals surface area contributed by atoms with Gasteiger partial charge in [-0.3, -0.25) is 0 Å². The fourth-order valence-electron chi connectivity index (χ4n) is 2.08. The van der Waals surface area contributed by atoms with Crippen LogP contribution in [0.5, 0.6) is 0 Å². The van der Waals surface area contributed by atoms with Crippen molar-refractivity contribution in [2.75, 3.05) is 0 Å². The van der Waals surface area contributed by atoms with Gasteiger partial charge in [-0.2, -0.15) is 0 Å². The molecule has 3 nitrogen and oxygen atoms in total. The lowest BCUT2D eigenvalue weighted by Gasteiger charge is -2.02. The molecule has 2 aromatic rings. The van der Waals surface area contributed by atoms with E-state index in [1.54, 1.807) is 24.3 Å². The van der Waals surface area contributed by atoms with Crippen LogP contribution in [0.15, 0.2) is 53.2 Å². The van der Waals surface area contributed by atoms with E-state index >= 15 is 0 Å². The van der Waals surface area contributed by atoms with Gasteiger partial charge in [0.15, 0.2) is 5.70 Å². The van der Waals surface area contributed by atoms with E-state index in [9.17, 15) is 4.79 Å². The Bertz CT molecular complexity index is 825. The van der Waals surface area contributed by atoms with Gasteiger partial charge in [-0.25, -0.2) is 9.79 Å².